The third-order valence-corrected chi connectivity index (χ3v) is 3.79. The maximum atomic E-state index is 11.9. The third kappa shape index (κ3) is 4.69. The predicted molar refractivity (Wildman–Crippen MR) is 74.2 cm³/mol. The van der Waals surface area contributed by atoms with Gasteiger partial charge in [-0.2, -0.15) is 0 Å². The molecule has 1 saturated carbocycles. The molecular weight excluding hydrogens is 242 g/mol. The summed E-state index contributed by atoms with van der Waals surface area (Å²) in [5.74, 6) is 0.630. The Hall–Kier alpha value is -1.32. The molecule has 0 aromatic heterocycles. The molecule has 3 atom stereocenters. The van der Waals surface area contributed by atoms with Crippen LogP contribution >= 0.6 is 0 Å². The highest BCUT2D eigenvalue weighted by Crippen LogP contribution is 2.35. The van der Waals surface area contributed by atoms with Crippen LogP contribution in [-0.4, -0.2) is 18.0 Å². The quantitative estimate of drug-likeness (QED) is 0.629. The Labute approximate surface area is 115 Å². The van der Waals surface area contributed by atoms with Crippen molar-refractivity contribution >= 4 is 11.9 Å². The number of hydrogen-bond donors (Lipinski definition) is 1. The molecule has 0 spiro atoms. The molecule has 0 heterocycles. The summed E-state index contributed by atoms with van der Waals surface area (Å²) in [5.41, 5.74) is 0.0215. The number of carbonyl (C=O) groups is 2. The van der Waals surface area contributed by atoms with Gasteiger partial charge in [-0.15, -0.1) is 0 Å². The van der Waals surface area contributed by atoms with Crippen molar-refractivity contribution in [3.63, 3.8) is 0 Å². The van der Waals surface area contributed by atoms with E-state index in [0.717, 1.165) is 12.8 Å². The van der Waals surface area contributed by atoms with Gasteiger partial charge < -0.3 is 10.1 Å². The minimum Gasteiger partial charge on any atom is -0.457 e. The second kappa shape index (κ2) is 6.73. The van der Waals surface area contributed by atoms with Gasteiger partial charge in [-0.1, -0.05) is 33.8 Å². The van der Waals surface area contributed by atoms with Crippen LogP contribution in [0.2, 0.25) is 0 Å². The SMILES string of the molecule is C=C(NC(C)=O)C(=O)O[C@@H]1C[C@@H](C)CC[C@@H]1C(C)C. The Balaban J connectivity index is 2.63. The zero-order chi connectivity index (χ0) is 14.6. The van der Waals surface area contributed by atoms with Crippen LogP contribution in [0.4, 0.5) is 0 Å². The van der Waals surface area contributed by atoms with Crippen molar-refractivity contribution in [1.29, 1.82) is 0 Å². The molecule has 0 aromatic carbocycles. The Morgan fingerprint density at radius 3 is 2.47 bits per heavy atom. The van der Waals surface area contributed by atoms with Crippen LogP contribution in [-0.2, 0) is 14.3 Å². The molecule has 1 aliphatic rings. The van der Waals surface area contributed by atoms with Crippen LogP contribution in [0.25, 0.3) is 0 Å². The first-order chi connectivity index (χ1) is 8.81. The molecule has 1 N–H and O–H groups in total. The van der Waals surface area contributed by atoms with Gasteiger partial charge in [0, 0.05) is 6.92 Å². The average molecular weight is 267 g/mol. The summed E-state index contributed by atoms with van der Waals surface area (Å²) in [7, 11) is 0. The number of amides is 1. The molecule has 4 nitrogen and oxygen atoms in total. The van der Waals surface area contributed by atoms with Crippen LogP contribution in [0.5, 0.6) is 0 Å². The number of nitrogens with one attached hydrogen (secondary N) is 1. The lowest BCUT2D eigenvalue weighted by Crippen LogP contribution is -2.37. The van der Waals surface area contributed by atoms with E-state index in [2.05, 4.69) is 32.7 Å². The standard InChI is InChI=1S/C15H25NO3/c1-9(2)13-7-6-10(3)8-14(13)19-15(18)11(4)16-12(5)17/h9-10,13-14H,4,6-8H2,1-3,5H3,(H,16,17)/t10-,13+,14+/m0/s1. The lowest BCUT2D eigenvalue weighted by atomic mass is 9.75. The summed E-state index contributed by atoms with van der Waals surface area (Å²) < 4.78 is 5.55. The number of carbonyl (C=O) groups excluding carboxylic acids is 2. The first-order valence-corrected chi connectivity index (χ1v) is 6.98. The number of rotatable bonds is 4. The number of esters is 1. The normalized spacial score (nSPS) is 26.9. The second-order valence-electron chi connectivity index (χ2n) is 5.93. The van der Waals surface area contributed by atoms with Crippen molar-refractivity contribution in [3.05, 3.63) is 12.3 Å². The van der Waals surface area contributed by atoms with E-state index in [0.29, 0.717) is 17.8 Å². The van der Waals surface area contributed by atoms with E-state index in [4.69, 9.17) is 4.74 Å². The zero-order valence-electron chi connectivity index (χ0n) is 12.4. The monoisotopic (exact) mass is 267 g/mol. The Morgan fingerprint density at radius 1 is 1.32 bits per heavy atom. The van der Waals surface area contributed by atoms with Gasteiger partial charge >= 0.3 is 5.97 Å². The van der Waals surface area contributed by atoms with Crippen molar-refractivity contribution < 1.29 is 14.3 Å². The number of ether oxygens (including phenoxy) is 1. The smallest absolute Gasteiger partial charge is 0.354 e. The van der Waals surface area contributed by atoms with Gasteiger partial charge in [-0.25, -0.2) is 4.79 Å². The van der Waals surface area contributed by atoms with E-state index in [1.54, 1.807) is 0 Å². The van der Waals surface area contributed by atoms with Crippen LogP contribution in [0.1, 0.15) is 47.0 Å². The topological polar surface area (TPSA) is 55.4 Å². The van der Waals surface area contributed by atoms with Gasteiger partial charge in [0.05, 0.1) is 0 Å². The van der Waals surface area contributed by atoms with Gasteiger partial charge in [0.15, 0.2) is 0 Å². The second-order valence-corrected chi connectivity index (χ2v) is 5.93. The Bertz CT molecular complexity index is 362. The molecular formula is C15H25NO3. The molecule has 0 saturated heterocycles. The van der Waals surface area contributed by atoms with E-state index in [1.165, 1.54) is 13.3 Å². The average Bonchev–Trinajstić information content (AvgIpc) is 2.27. The Kier molecular flexibility index (Phi) is 5.58. The lowest BCUT2D eigenvalue weighted by Gasteiger charge is -2.36. The molecule has 4 heteroatoms. The van der Waals surface area contributed by atoms with Crippen molar-refractivity contribution in [2.45, 2.75) is 53.1 Å². The van der Waals surface area contributed by atoms with E-state index in [-0.39, 0.29) is 17.7 Å². The largest absolute Gasteiger partial charge is 0.457 e. The highest BCUT2D eigenvalue weighted by molar-refractivity contribution is 5.92. The molecule has 0 unspecified atom stereocenters. The Morgan fingerprint density at radius 2 is 1.95 bits per heavy atom. The van der Waals surface area contributed by atoms with E-state index in [1.807, 2.05) is 0 Å². The van der Waals surface area contributed by atoms with E-state index < -0.39 is 5.97 Å². The third-order valence-electron chi connectivity index (χ3n) is 3.79. The number of hydrogen-bond acceptors (Lipinski definition) is 3. The van der Waals surface area contributed by atoms with Crippen molar-refractivity contribution in [3.8, 4) is 0 Å². The summed E-state index contributed by atoms with van der Waals surface area (Å²) in [6.45, 7) is 11.4. The molecule has 0 aromatic rings. The van der Waals surface area contributed by atoms with Gasteiger partial charge in [0.25, 0.3) is 0 Å². The fraction of sp³-hybridized carbons (Fsp3) is 0.733. The first-order valence-electron chi connectivity index (χ1n) is 6.98. The summed E-state index contributed by atoms with van der Waals surface area (Å²) in [4.78, 5) is 22.8. The van der Waals surface area contributed by atoms with Gasteiger partial charge in [0.1, 0.15) is 11.8 Å². The summed E-state index contributed by atoms with van der Waals surface area (Å²) in [6, 6.07) is 0. The van der Waals surface area contributed by atoms with Crippen molar-refractivity contribution in [1.82, 2.24) is 5.32 Å². The summed E-state index contributed by atoms with van der Waals surface area (Å²) >= 11 is 0. The maximum Gasteiger partial charge on any atom is 0.354 e. The fourth-order valence-electron chi connectivity index (χ4n) is 2.72. The lowest BCUT2D eigenvalue weighted by molar-refractivity contribution is -0.152. The highest BCUT2D eigenvalue weighted by Gasteiger charge is 2.33. The summed E-state index contributed by atoms with van der Waals surface area (Å²) in [6.07, 6.45) is 3.09. The van der Waals surface area contributed by atoms with Crippen LogP contribution in [0.3, 0.4) is 0 Å². The molecule has 108 valence electrons. The minimum atomic E-state index is -0.514. The highest BCUT2D eigenvalue weighted by atomic mass is 16.5. The van der Waals surface area contributed by atoms with Crippen molar-refractivity contribution in [2.75, 3.05) is 0 Å². The molecule has 0 bridgehead atoms. The van der Waals surface area contributed by atoms with Gasteiger partial charge in [0.2, 0.25) is 5.91 Å². The van der Waals surface area contributed by atoms with Crippen molar-refractivity contribution in [2.24, 2.45) is 17.8 Å². The maximum absolute atomic E-state index is 11.9. The van der Waals surface area contributed by atoms with Crippen LogP contribution in [0, 0.1) is 17.8 Å². The van der Waals surface area contributed by atoms with E-state index >= 15 is 0 Å². The molecule has 1 fully saturated rings. The predicted octanol–water partition coefficient (Wildman–Crippen LogP) is 2.64. The fourth-order valence-corrected chi connectivity index (χ4v) is 2.72. The van der Waals surface area contributed by atoms with Crippen LogP contribution < -0.4 is 5.32 Å². The summed E-state index contributed by atoms with van der Waals surface area (Å²) in [5, 5.41) is 2.38. The molecule has 19 heavy (non-hydrogen) atoms. The van der Waals surface area contributed by atoms with Gasteiger partial charge in [-0.3, -0.25) is 4.79 Å². The van der Waals surface area contributed by atoms with E-state index in [9.17, 15) is 9.59 Å². The van der Waals surface area contributed by atoms with Crippen LogP contribution in [0.15, 0.2) is 12.3 Å². The first kappa shape index (κ1) is 15.7. The molecule has 1 amide bonds. The minimum absolute atomic E-state index is 0.0215. The molecule has 1 rings (SSSR count). The molecule has 0 radical (unpaired) electrons. The zero-order valence-corrected chi connectivity index (χ0v) is 12.4. The van der Waals surface area contributed by atoms with Gasteiger partial charge in [-0.05, 0) is 30.6 Å². The molecule has 0 aliphatic heterocycles. The molecule has 1 aliphatic carbocycles.